The molecule has 34 heavy (non-hydrogen) atoms. The van der Waals surface area contributed by atoms with Crippen LogP contribution in [0, 0.1) is 11.6 Å². The lowest BCUT2D eigenvalue weighted by atomic mass is 10.0. The van der Waals surface area contributed by atoms with Crippen molar-refractivity contribution in [1.29, 1.82) is 0 Å². The van der Waals surface area contributed by atoms with Crippen molar-refractivity contribution < 1.29 is 32.6 Å². The van der Waals surface area contributed by atoms with Crippen LogP contribution < -0.4 is 15.0 Å². The Kier molecular flexibility index (Phi) is 8.01. The first-order chi connectivity index (χ1) is 16.4. The predicted molar refractivity (Wildman–Crippen MR) is 119 cm³/mol. The van der Waals surface area contributed by atoms with Crippen LogP contribution in [-0.2, 0) is 4.79 Å². The van der Waals surface area contributed by atoms with Crippen molar-refractivity contribution in [2.75, 3.05) is 30.4 Å². The monoisotopic (exact) mass is 474 g/mol. The predicted octanol–water partition coefficient (Wildman–Crippen LogP) is 3.93. The van der Waals surface area contributed by atoms with Gasteiger partial charge in [0.1, 0.15) is 17.8 Å². The van der Waals surface area contributed by atoms with E-state index in [0.29, 0.717) is 18.8 Å². The van der Waals surface area contributed by atoms with Crippen LogP contribution in [0.3, 0.4) is 0 Å². The lowest BCUT2D eigenvalue weighted by molar-refractivity contribution is -0.122. The quantitative estimate of drug-likeness (QED) is 0.540. The van der Waals surface area contributed by atoms with Gasteiger partial charge in [0.2, 0.25) is 5.88 Å². The maximum absolute atomic E-state index is 14.6. The van der Waals surface area contributed by atoms with Crippen LogP contribution in [0.4, 0.5) is 24.7 Å². The number of pyridine rings is 2. The first-order valence-corrected chi connectivity index (χ1v) is 10.1. The molecule has 0 spiro atoms. The van der Waals surface area contributed by atoms with E-state index in [4.69, 9.17) is 14.6 Å². The van der Waals surface area contributed by atoms with Crippen LogP contribution in [0.1, 0.15) is 16.8 Å². The molecule has 0 bridgehead atoms. The van der Waals surface area contributed by atoms with Crippen LogP contribution in [0.25, 0.3) is 11.1 Å². The number of halogens is 3. The third-order valence-corrected chi connectivity index (χ3v) is 5.03. The Balaban J connectivity index is 0.00000103. The standard InChI is InChI=1S/C22H19F3N4O2.CH2O2/c1-31-19-5-2-13(11-27-19)22(30)28-20-16(17-10-14(23)3-4-18(17)25)6-8-26-21(20)29-9-7-15(24)12-29;2-1-3/h2-6,8,10-11,15H,7,9,12H2,1H3,(H,28,30);1H,(H,2,3)/t15-;/m0./s1. The maximum Gasteiger partial charge on any atom is 0.290 e. The Morgan fingerprint density at radius 2 is 1.97 bits per heavy atom. The molecular formula is C23H21F3N4O4. The smallest absolute Gasteiger partial charge is 0.290 e. The number of carbonyl (C=O) groups excluding carboxylic acids is 1. The molecule has 4 rings (SSSR count). The molecule has 1 fully saturated rings. The van der Waals surface area contributed by atoms with Gasteiger partial charge >= 0.3 is 0 Å². The van der Waals surface area contributed by atoms with Crippen molar-refractivity contribution in [2.24, 2.45) is 0 Å². The molecule has 178 valence electrons. The Morgan fingerprint density at radius 3 is 2.59 bits per heavy atom. The zero-order valence-corrected chi connectivity index (χ0v) is 18.0. The summed E-state index contributed by atoms with van der Waals surface area (Å²) in [4.78, 5) is 31.2. The van der Waals surface area contributed by atoms with Crippen LogP contribution in [0.5, 0.6) is 5.88 Å². The van der Waals surface area contributed by atoms with Gasteiger partial charge in [0, 0.05) is 36.1 Å². The SMILES string of the molecule is COc1ccc(C(=O)Nc2c(-c3cc(F)ccc3F)ccnc2N2CC[C@H](F)C2)cn1.O=CO. The Labute approximate surface area is 193 Å². The number of amides is 1. The number of benzene rings is 1. The fourth-order valence-corrected chi connectivity index (χ4v) is 3.47. The maximum atomic E-state index is 14.6. The molecule has 8 nitrogen and oxygen atoms in total. The van der Waals surface area contributed by atoms with Crippen molar-refractivity contribution in [1.82, 2.24) is 9.97 Å². The van der Waals surface area contributed by atoms with E-state index in [2.05, 4.69) is 15.3 Å². The number of carbonyl (C=O) groups is 2. The molecule has 1 aliphatic rings. The van der Waals surface area contributed by atoms with E-state index in [0.717, 1.165) is 18.2 Å². The molecule has 2 N–H and O–H groups in total. The lowest BCUT2D eigenvalue weighted by Gasteiger charge is -2.22. The molecule has 1 amide bonds. The minimum Gasteiger partial charge on any atom is -0.483 e. The van der Waals surface area contributed by atoms with Gasteiger partial charge in [-0.15, -0.1) is 0 Å². The number of aromatic nitrogens is 2. The number of alkyl halides is 1. The van der Waals surface area contributed by atoms with Crippen LogP contribution in [0.15, 0.2) is 48.8 Å². The number of nitrogens with zero attached hydrogens (tertiary/aromatic N) is 3. The molecule has 1 saturated heterocycles. The highest BCUT2D eigenvalue weighted by molar-refractivity contribution is 6.08. The molecule has 1 atom stereocenters. The summed E-state index contributed by atoms with van der Waals surface area (Å²) in [5.74, 6) is -1.19. The van der Waals surface area contributed by atoms with Crippen molar-refractivity contribution in [3.63, 3.8) is 0 Å². The summed E-state index contributed by atoms with van der Waals surface area (Å²) in [5.41, 5.74) is 0.593. The first kappa shape index (κ1) is 24.5. The summed E-state index contributed by atoms with van der Waals surface area (Å²) in [6.07, 6.45) is 2.03. The normalized spacial score (nSPS) is 14.7. The number of nitrogens with one attached hydrogen (secondary N) is 1. The van der Waals surface area contributed by atoms with Gasteiger partial charge in [0.25, 0.3) is 12.4 Å². The van der Waals surface area contributed by atoms with Gasteiger partial charge in [-0.1, -0.05) is 0 Å². The van der Waals surface area contributed by atoms with E-state index in [1.165, 1.54) is 37.7 Å². The van der Waals surface area contributed by atoms with Crippen LogP contribution >= 0.6 is 0 Å². The molecule has 11 heteroatoms. The second kappa shape index (κ2) is 11.1. The molecular weight excluding hydrogens is 453 g/mol. The van der Waals surface area contributed by atoms with Crippen LogP contribution in [-0.4, -0.2) is 53.8 Å². The first-order valence-electron chi connectivity index (χ1n) is 10.1. The summed E-state index contributed by atoms with van der Waals surface area (Å²) in [6.45, 7) is 0.227. The minimum absolute atomic E-state index is 0.0391. The van der Waals surface area contributed by atoms with E-state index in [1.807, 2.05) is 0 Å². The second-order valence-electron chi connectivity index (χ2n) is 7.16. The van der Waals surface area contributed by atoms with Gasteiger partial charge in [-0.2, -0.15) is 0 Å². The average Bonchev–Trinajstić information content (AvgIpc) is 3.27. The third-order valence-electron chi connectivity index (χ3n) is 5.03. The van der Waals surface area contributed by atoms with Gasteiger partial charge in [0.05, 0.1) is 24.9 Å². The lowest BCUT2D eigenvalue weighted by Crippen LogP contribution is -2.24. The molecule has 0 saturated carbocycles. The second-order valence-corrected chi connectivity index (χ2v) is 7.16. The molecule has 1 aromatic carbocycles. The molecule has 0 radical (unpaired) electrons. The number of hydrogen-bond acceptors (Lipinski definition) is 6. The molecule has 3 heterocycles. The zero-order chi connectivity index (χ0) is 24.7. The van der Waals surface area contributed by atoms with Gasteiger partial charge in [-0.3, -0.25) is 9.59 Å². The molecule has 1 aliphatic heterocycles. The summed E-state index contributed by atoms with van der Waals surface area (Å²) < 4.78 is 47.3. The topological polar surface area (TPSA) is 105 Å². The zero-order valence-electron chi connectivity index (χ0n) is 18.0. The van der Waals surface area contributed by atoms with Crippen molar-refractivity contribution in [3.8, 4) is 17.0 Å². The van der Waals surface area contributed by atoms with Gasteiger partial charge in [-0.05, 0) is 36.8 Å². The summed E-state index contributed by atoms with van der Waals surface area (Å²) >= 11 is 0. The number of hydrogen-bond donors (Lipinski definition) is 2. The van der Waals surface area contributed by atoms with E-state index in [9.17, 15) is 18.0 Å². The van der Waals surface area contributed by atoms with E-state index >= 15 is 0 Å². The van der Waals surface area contributed by atoms with Crippen LogP contribution in [0.2, 0.25) is 0 Å². The number of methoxy groups -OCH3 is 1. The number of carboxylic acid groups (broad SMARTS) is 1. The summed E-state index contributed by atoms with van der Waals surface area (Å²) in [5, 5.41) is 9.62. The highest BCUT2D eigenvalue weighted by Gasteiger charge is 2.27. The number of rotatable bonds is 5. The number of anilines is 2. The van der Waals surface area contributed by atoms with Crippen molar-refractivity contribution >= 4 is 23.9 Å². The summed E-state index contributed by atoms with van der Waals surface area (Å²) in [7, 11) is 1.46. The Bertz CT molecular complexity index is 1160. The third kappa shape index (κ3) is 5.61. The Hall–Kier alpha value is -4.15. The molecule has 0 unspecified atom stereocenters. The largest absolute Gasteiger partial charge is 0.483 e. The highest BCUT2D eigenvalue weighted by Crippen LogP contribution is 2.38. The number of ether oxygens (including phenoxy) is 1. The van der Waals surface area contributed by atoms with Crippen molar-refractivity contribution in [2.45, 2.75) is 12.6 Å². The Morgan fingerprint density at radius 1 is 1.21 bits per heavy atom. The van der Waals surface area contributed by atoms with E-state index in [-0.39, 0.29) is 41.2 Å². The van der Waals surface area contributed by atoms with Gasteiger partial charge in [-0.25, -0.2) is 23.1 Å². The molecule has 2 aromatic heterocycles. The molecule has 0 aliphatic carbocycles. The van der Waals surface area contributed by atoms with Crippen molar-refractivity contribution in [3.05, 3.63) is 66.0 Å². The fourth-order valence-electron chi connectivity index (χ4n) is 3.47. The average molecular weight is 474 g/mol. The summed E-state index contributed by atoms with van der Waals surface area (Å²) in [6, 6.07) is 7.59. The highest BCUT2D eigenvalue weighted by atomic mass is 19.1. The van der Waals surface area contributed by atoms with Gasteiger partial charge < -0.3 is 20.1 Å². The van der Waals surface area contributed by atoms with E-state index in [1.54, 1.807) is 4.90 Å². The van der Waals surface area contributed by atoms with Gasteiger partial charge in [0.15, 0.2) is 5.82 Å². The van der Waals surface area contributed by atoms with E-state index < -0.39 is 23.7 Å². The molecule has 3 aromatic rings. The fraction of sp³-hybridized carbons (Fsp3) is 0.217. The minimum atomic E-state index is -1.04.